The lowest BCUT2D eigenvalue weighted by atomic mass is 9.93. The molecule has 1 saturated heterocycles. The number of quaternary nitrogens is 1. The van der Waals surface area contributed by atoms with Gasteiger partial charge in [0.1, 0.15) is 17.8 Å². The van der Waals surface area contributed by atoms with Crippen molar-refractivity contribution in [2.75, 3.05) is 26.3 Å². The maximum Gasteiger partial charge on any atom is 0.323 e. The molecule has 0 saturated carbocycles. The summed E-state index contributed by atoms with van der Waals surface area (Å²) in [5, 5.41) is 41.1. The number of carbonyl (C=O) groups is 7. The highest BCUT2D eigenvalue weighted by Gasteiger charge is 2.40. The van der Waals surface area contributed by atoms with E-state index in [0.29, 0.717) is 12.0 Å². The molecule has 6 atom stereocenters. The summed E-state index contributed by atoms with van der Waals surface area (Å²) in [5.41, 5.74) is 9.26. The normalized spacial score (nSPS) is 17.8. The van der Waals surface area contributed by atoms with Gasteiger partial charge in [-0.25, -0.2) is 0 Å². The number of carboxylic acids is 1. The number of nitrogens with two attached hydrogens (primary N) is 1. The number of ketones is 2. The molecular weight excluding hydrogens is 614 g/mol. The molecule has 16 nitrogen and oxygen atoms in total. The molecule has 0 bridgehead atoms. The topological polar surface area (TPSA) is 281 Å². The molecule has 17 heteroatoms. The first-order valence-electron chi connectivity index (χ1n) is 14.2. The first kappa shape index (κ1) is 37.1. The van der Waals surface area contributed by atoms with Gasteiger partial charge in [0, 0.05) is 25.3 Å². The van der Waals surface area contributed by atoms with Crippen LogP contribution in [0.2, 0.25) is 0 Å². The van der Waals surface area contributed by atoms with Crippen LogP contribution in [0.5, 0.6) is 5.75 Å². The van der Waals surface area contributed by atoms with Crippen LogP contribution >= 0.6 is 12.6 Å². The number of thiol groups is 1. The summed E-state index contributed by atoms with van der Waals surface area (Å²) in [6, 6.07) is 2.21. The van der Waals surface area contributed by atoms with E-state index in [1.165, 1.54) is 17.0 Å². The molecule has 1 aromatic carbocycles. The molecule has 248 valence electrons. The molecule has 11 N–H and O–H groups in total. The standard InChI is InChI=1S/C28H39N5O11S/c29-22(23(45)28(43)44)21(38)10-16(12-34)27(42)33-7-1-2-20(33)26(41)31-11-18(37)9-15(8-14-3-5-17(36)6-4-14)25(40)32-19(13-35)24(30)39/h3-6,15-16,19-20,22-23,34-36,45H,1-2,7-13,29H2,(H2,30,39)(H,31,41)(H,32,40)(H,43,44)/p+1/t15-,16+,19+,20+,22-,23+/m1/s1. The summed E-state index contributed by atoms with van der Waals surface area (Å²) in [7, 11) is 0. The average molecular weight is 655 g/mol. The minimum Gasteiger partial charge on any atom is -0.508 e. The van der Waals surface area contributed by atoms with E-state index in [9.17, 15) is 48.9 Å². The van der Waals surface area contributed by atoms with Crippen LogP contribution in [0.3, 0.4) is 0 Å². The second-order valence-electron chi connectivity index (χ2n) is 10.8. The number of nitrogens with zero attached hydrogens (tertiary/aromatic N) is 1. The van der Waals surface area contributed by atoms with Crippen LogP contribution in [-0.4, -0.2) is 116 Å². The Morgan fingerprint density at radius 1 is 1.02 bits per heavy atom. The number of aliphatic carboxylic acids is 1. The molecule has 0 unspecified atom stereocenters. The van der Waals surface area contributed by atoms with Crippen molar-refractivity contribution in [2.45, 2.75) is 55.5 Å². The number of primary amides is 1. The zero-order chi connectivity index (χ0) is 33.8. The van der Waals surface area contributed by atoms with Crippen molar-refractivity contribution in [1.82, 2.24) is 15.5 Å². The molecule has 1 aliphatic rings. The highest BCUT2D eigenvalue weighted by atomic mass is 32.1. The van der Waals surface area contributed by atoms with Crippen molar-refractivity contribution in [2.24, 2.45) is 17.6 Å². The zero-order valence-electron chi connectivity index (χ0n) is 24.5. The number of benzene rings is 1. The summed E-state index contributed by atoms with van der Waals surface area (Å²) >= 11 is 3.84. The molecule has 2 rings (SSSR count). The van der Waals surface area contributed by atoms with Gasteiger partial charge >= 0.3 is 5.97 Å². The number of carbonyl (C=O) groups excluding carboxylic acids is 6. The molecule has 1 fully saturated rings. The fourth-order valence-corrected chi connectivity index (χ4v) is 5.00. The third-order valence-corrected chi connectivity index (χ3v) is 8.05. The van der Waals surface area contributed by atoms with Gasteiger partial charge in [0.2, 0.25) is 23.6 Å². The number of likely N-dealkylation sites (tertiary alicyclic amines) is 1. The maximum absolute atomic E-state index is 13.2. The van der Waals surface area contributed by atoms with Crippen LogP contribution in [0.15, 0.2) is 24.3 Å². The first-order valence-corrected chi connectivity index (χ1v) is 14.7. The number of aliphatic hydroxyl groups is 2. The van der Waals surface area contributed by atoms with Crippen LogP contribution in [0.4, 0.5) is 0 Å². The Morgan fingerprint density at radius 2 is 1.67 bits per heavy atom. The van der Waals surface area contributed by atoms with E-state index in [-0.39, 0.29) is 31.6 Å². The van der Waals surface area contributed by atoms with Gasteiger partial charge in [0.15, 0.2) is 22.9 Å². The van der Waals surface area contributed by atoms with E-state index < -0.39 is 103 Å². The summed E-state index contributed by atoms with van der Waals surface area (Å²) in [6.07, 6.45) is -0.186. The van der Waals surface area contributed by atoms with Gasteiger partial charge in [-0.1, -0.05) is 12.1 Å². The lowest BCUT2D eigenvalue weighted by Crippen LogP contribution is -2.70. The fourth-order valence-electron chi connectivity index (χ4n) is 4.83. The zero-order valence-corrected chi connectivity index (χ0v) is 25.4. The van der Waals surface area contributed by atoms with Gasteiger partial charge in [-0.3, -0.25) is 33.6 Å². The highest BCUT2D eigenvalue weighted by Crippen LogP contribution is 2.22. The summed E-state index contributed by atoms with van der Waals surface area (Å²) in [5.74, 6) is -7.97. The minimum absolute atomic E-state index is 0.0139. The Balaban J connectivity index is 2.05. The Bertz CT molecular complexity index is 1260. The van der Waals surface area contributed by atoms with Crippen molar-refractivity contribution < 1.29 is 59.7 Å². The molecular formula is C28H40N5O11S+. The third kappa shape index (κ3) is 10.8. The smallest absolute Gasteiger partial charge is 0.323 e. The Kier molecular flexibility index (Phi) is 14.4. The second kappa shape index (κ2) is 17.4. The molecule has 0 aliphatic carbocycles. The predicted molar refractivity (Wildman–Crippen MR) is 158 cm³/mol. The number of Topliss-reactive ketones (excluding diaryl/α,β-unsaturated/α-hetero) is 2. The number of hydrogen-bond acceptors (Lipinski definition) is 11. The average Bonchev–Trinajstić information content (AvgIpc) is 3.50. The van der Waals surface area contributed by atoms with E-state index in [1.54, 1.807) is 12.1 Å². The summed E-state index contributed by atoms with van der Waals surface area (Å²) < 4.78 is 0. The van der Waals surface area contributed by atoms with E-state index in [4.69, 9.17) is 10.8 Å². The molecule has 0 spiro atoms. The first-order chi connectivity index (χ1) is 21.2. The van der Waals surface area contributed by atoms with Crippen molar-refractivity contribution in [3.05, 3.63) is 29.8 Å². The van der Waals surface area contributed by atoms with Crippen molar-refractivity contribution >= 4 is 53.8 Å². The number of phenols is 1. The number of hydrogen-bond donors (Lipinski definition) is 9. The number of aromatic hydroxyl groups is 1. The van der Waals surface area contributed by atoms with Crippen molar-refractivity contribution in [3.8, 4) is 5.75 Å². The Hall–Kier alpha value is -4.06. The molecule has 1 heterocycles. The largest absolute Gasteiger partial charge is 0.508 e. The van der Waals surface area contributed by atoms with Crippen LogP contribution in [0.1, 0.15) is 31.2 Å². The lowest BCUT2D eigenvalue weighted by Gasteiger charge is -2.27. The second-order valence-corrected chi connectivity index (χ2v) is 11.4. The monoisotopic (exact) mass is 654 g/mol. The number of aliphatic hydroxyl groups excluding tert-OH is 2. The van der Waals surface area contributed by atoms with Crippen molar-refractivity contribution in [1.29, 1.82) is 0 Å². The van der Waals surface area contributed by atoms with E-state index >= 15 is 0 Å². The molecule has 1 aliphatic heterocycles. The van der Waals surface area contributed by atoms with Crippen LogP contribution < -0.4 is 22.1 Å². The number of carboxylic acid groups (broad SMARTS) is 1. The third-order valence-electron chi connectivity index (χ3n) is 7.47. The molecule has 45 heavy (non-hydrogen) atoms. The lowest BCUT2D eigenvalue weighted by molar-refractivity contribution is -0.400. The van der Waals surface area contributed by atoms with E-state index in [0.717, 1.165) is 0 Å². The summed E-state index contributed by atoms with van der Waals surface area (Å²) in [6.45, 7) is -1.84. The number of nitrogens with one attached hydrogen (secondary N) is 2. The van der Waals surface area contributed by atoms with Gasteiger partial charge < -0.3 is 47.4 Å². The van der Waals surface area contributed by atoms with E-state index in [1.807, 2.05) is 0 Å². The predicted octanol–water partition coefficient (Wildman–Crippen LogP) is -3.86. The molecule has 0 aromatic heterocycles. The summed E-state index contributed by atoms with van der Waals surface area (Å²) in [4.78, 5) is 88.3. The molecule has 1 aromatic rings. The number of rotatable bonds is 18. The quantitative estimate of drug-likeness (QED) is 0.0691. The van der Waals surface area contributed by atoms with Gasteiger partial charge in [0.05, 0.1) is 25.7 Å². The van der Waals surface area contributed by atoms with Crippen LogP contribution in [0.25, 0.3) is 0 Å². The fraction of sp³-hybridized carbons (Fsp3) is 0.536. The highest BCUT2D eigenvalue weighted by molar-refractivity contribution is 7.81. The Morgan fingerprint density at radius 3 is 2.22 bits per heavy atom. The van der Waals surface area contributed by atoms with Crippen LogP contribution in [0, 0.1) is 11.8 Å². The van der Waals surface area contributed by atoms with Gasteiger partial charge in [-0.2, -0.15) is 12.6 Å². The van der Waals surface area contributed by atoms with Crippen LogP contribution in [-0.2, 0) is 40.0 Å². The number of phenolic OH excluding ortho intramolecular Hbond substituents is 1. The van der Waals surface area contributed by atoms with Gasteiger partial charge in [-0.15, -0.1) is 0 Å². The minimum atomic E-state index is -1.40. The Labute approximate surface area is 263 Å². The SMILES string of the molecule is NC(=O)[C@H](CO)NC(=O)[C@@H](CC(=O)CNC(=O)[C@@H]1CCCN1C(=O)[C@H](CO)CC(=O)[C@@H]([NH3+])[C@H](S)C(=O)O)Cc1ccc(O)cc1. The molecule has 4 amide bonds. The van der Waals surface area contributed by atoms with E-state index in [2.05, 4.69) is 29.0 Å². The van der Waals surface area contributed by atoms with Crippen molar-refractivity contribution in [3.63, 3.8) is 0 Å². The maximum atomic E-state index is 13.2. The number of amides is 4. The van der Waals surface area contributed by atoms with Gasteiger partial charge in [-0.05, 0) is 37.0 Å². The molecule has 0 radical (unpaired) electrons. The van der Waals surface area contributed by atoms with Gasteiger partial charge in [0.25, 0.3) is 0 Å².